The van der Waals surface area contributed by atoms with Crippen LogP contribution in [-0.2, 0) is 6.61 Å². The van der Waals surface area contributed by atoms with Crippen molar-refractivity contribution in [2.45, 2.75) is 26.0 Å². The van der Waals surface area contributed by atoms with Gasteiger partial charge in [0, 0.05) is 36.0 Å². The summed E-state index contributed by atoms with van der Waals surface area (Å²) in [5.41, 5.74) is 1.17. The third kappa shape index (κ3) is 5.67. The third-order valence-corrected chi connectivity index (χ3v) is 5.80. The van der Waals surface area contributed by atoms with E-state index >= 15 is 0 Å². The molecule has 0 radical (unpaired) electrons. The van der Waals surface area contributed by atoms with Crippen LogP contribution in [0.25, 0.3) is 10.8 Å². The van der Waals surface area contributed by atoms with Crippen molar-refractivity contribution >= 4 is 34.1 Å². The number of aliphatic hydroxyl groups is 1. The Balaban J connectivity index is 1.61. The largest absolute Gasteiger partial charge is 0.469 e. The Morgan fingerprint density at radius 2 is 2.06 bits per heavy atom. The van der Waals surface area contributed by atoms with Gasteiger partial charge in [-0.05, 0) is 43.0 Å². The molecule has 0 bridgehead atoms. The molecule has 2 aromatic carbocycles. The first-order chi connectivity index (χ1) is 17.0. The number of amides is 2. The summed E-state index contributed by atoms with van der Waals surface area (Å²) in [6.07, 6.45) is 3.46. The van der Waals surface area contributed by atoms with Crippen LogP contribution in [0.4, 0.5) is 14.9 Å². The van der Waals surface area contributed by atoms with Gasteiger partial charge >= 0.3 is 6.03 Å². The van der Waals surface area contributed by atoms with Gasteiger partial charge in [-0.15, -0.1) is 0 Å². The van der Waals surface area contributed by atoms with E-state index < -0.39 is 17.9 Å². The SMILES string of the molecule is CC(c1cnc(OCc2ncn[nH]2)c2ccccc12)N(CCCO)C(=O)Nc1ccc(F)c(Cl)c1. The standard InChI is InChI=1S/C24H24ClFN6O3/c1-15(32(9-4-10-33)24(34)30-16-7-8-21(26)20(25)11-16)19-12-27-23(18-6-3-2-5-17(18)19)35-13-22-28-14-29-31-22/h2-3,5-8,11-12,14-15,33H,4,9-10,13H2,1H3,(H,30,34)(H,28,29,31). The van der Waals surface area contributed by atoms with Crippen molar-refractivity contribution in [3.8, 4) is 5.88 Å². The summed E-state index contributed by atoms with van der Waals surface area (Å²) in [7, 11) is 0. The van der Waals surface area contributed by atoms with Crippen LogP contribution in [0, 0.1) is 5.82 Å². The Morgan fingerprint density at radius 3 is 2.77 bits per heavy atom. The molecule has 0 aliphatic heterocycles. The van der Waals surface area contributed by atoms with Crippen LogP contribution >= 0.6 is 11.6 Å². The fourth-order valence-corrected chi connectivity index (χ4v) is 3.90. The lowest BCUT2D eigenvalue weighted by Crippen LogP contribution is -2.38. The maximum atomic E-state index is 13.5. The summed E-state index contributed by atoms with van der Waals surface area (Å²) in [4.78, 5) is 23.3. The first kappa shape index (κ1) is 24.4. The van der Waals surface area contributed by atoms with Crippen LogP contribution < -0.4 is 10.1 Å². The van der Waals surface area contributed by atoms with Gasteiger partial charge in [0.25, 0.3) is 0 Å². The van der Waals surface area contributed by atoms with Crippen molar-refractivity contribution < 1.29 is 19.0 Å². The maximum absolute atomic E-state index is 13.5. The van der Waals surface area contributed by atoms with E-state index in [0.29, 0.717) is 23.8 Å². The van der Waals surface area contributed by atoms with Crippen LogP contribution in [-0.4, -0.2) is 49.4 Å². The number of aromatic amines is 1. The summed E-state index contributed by atoms with van der Waals surface area (Å²) in [6.45, 7) is 2.27. The van der Waals surface area contributed by atoms with Crippen LogP contribution in [0.15, 0.2) is 55.0 Å². The smallest absolute Gasteiger partial charge is 0.322 e. The molecule has 1 unspecified atom stereocenters. The fraction of sp³-hybridized carbons (Fsp3) is 0.250. The third-order valence-electron chi connectivity index (χ3n) is 5.51. The molecule has 0 fully saturated rings. The number of benzene rings is 2. The average Bonchev–Trinajstić information content (AvgIpc) is 3.38. The number of hydrogen-bond acceptors (Lipinski definition) is 6. The molecule has 35 heavy (non-hydrogen) atoms. The second kappa shape index (κ2) is 11.1. The molecule has 182 valence electrons. The minimum Gasteiger partial charge on any atom is -0.469 e. The number of halogens is 2. The van der Waals surface area contributed by atoms with Crippen molar-refractivity contribution in [2.75, 3.05) is 18.5 Å². The topological polar surface area (TPSA) is 116 Å². The molecule has 0 saturated heterocycles. The van der Waals surface area contributed by atoms with Crippen molar-refractivity contribution in [2.24, 2.45) is 0 Å². The molecular weight excluding hydrogens is 475 g/mol. The zero-order valence-corrected chi connectivity index (χ0v) is 19.7. The number of nitrogens with one attached hydrogen (secondary N) is 2. The molecule has 2 amide bonds. The van der Waals surface area contributed by atoms with E-state index in [4.69, 9.17) is 16.3 Å². The number of fused-ring (bicyclic) bond motifs is 1. The molecule has 0 aliphatic carbocycles. The number of hydrogen-bond donors (Lipinski definition) is 3. The number of carbonyl (C=O) groups is 1. The number of pyridine rings is 1. The minimum absolute atomic E-state index is 0.0771. The number of anilines is 1. The van der Waals surface area contributed by atoms with Gasteiger partial charge in [-0.25, -0.2) is 19.2 Å². The molecule has 3 N–H and O–H groups in total. The van der Waals surface area contributed by atoms with E-state index in [0.717, 1.165) is 16.3 Å². The second-order valence-corrected chi connectivity index (χ2v) is 8.20. The first-order valence-corrected chi connectivity index (χ1v) is 11.3. The Kier molecular flexibility index (Phi) is 7.74. The molecule has 0 aliphatic rings. The highest BCUT2D eigenvalue weighted by Crippen LogP contribution is 2.33. The summed E-state index contributed by atoms with van der Waals surface area (Å²) in [5.74, 6) is 0.430. The number of nitrogens with zero attached hydrogens (tertiary/aromatic N) is 4. The number of carbonyl (C=O) groups excluding carboxylic acids is 1. The van der Waals surface area contributed by atoms with Gasteiger partial charge in [-0.2, -0.15) is 5.10 Å². The van der Waals surface area contributed by atoms with E-state index in [9.17, 15) is 14.3 Å². The number of urea groups is 1. The highest BCUT2D eigenvalue weighted by molar-refractivity contribution is 6.31. The van der Waals surface area contributed by atoms with Crippen molar-refractivity contribution in [3.05, 3.63) is 77.2 Å². The fourth-order valence-electron chi connectivity index (χ4n) is 3.72. The highest BCUT2D eigenvalue weighted by Gasteiger charge is 2.24. The molecule has 11 heteroatoms. The van der Waals surface area contributed by atoms with E-state index in [2.05, 4.69) is 25.5 Å². The zero-order valence-electron chi connectivity index (χ0n) is 18.9. The molecule has 1 atom stereocenters. The molecule has 4 rings (SSSR count). The molecule has 0 spiro atoms. The van der Waals surface area contributed by atoms with E-state index in [-0.39, 0.29) is 24.8 Å². The minimum atomic E-state index is -0.571. The first-order valence-electron chi connectivity index (χ1n) is 11.0. The van der Waals surface area contributed by atoms with Gasteiger partial charge in [0.05, 0.1) is 11.1 Å². The van der Waals surface area contributed by atoms with E-state index in [1.165, 1.54) is 24.5 Å². The number of aliphatic hydroxyl groups excluding tert-OH is 1. The van der Waals surface area contributed by atoms with Gasteiger partial charge in [-0.1, -0.05) is 29.8 Å². The molecule has 2 aromatic heterocycles. The average molecular weight is 499 g/mol. The Labute approximate surface area is 205 Å². The molecule has 0 saturated carbocycles. The Morgan fingerprint density at radius 1 is 1.26 bits per heavy atom. The zero-order chi connectivity index (χ0) is 24.8. The summed E-state index contributed by atoms with van der Waals surface area (Å²) < 4.78 is 19.4. The van der Waals surface area contributed by atoms with Gasteiger partial charge in [-0.3, -0.25) is 5.10 Å². The van der Waals surface area contributed by atoms with Crippen LogP contribution in [0.1, 0.15) is 30.8 Å². The van der Waals surface area contributed by atoms with Crippen molar-refractivity contribution in [3.63, 3.8) is 0 Å². The molecular formula is C24H24ClFN6O3. The number of aromatic nitrogens is 4. The van der Waals surface area contributed by atoms with Gasteiger partial charge in [0.15, 0.2) is 5.82 Å². The normalized spacial score (nSPS) is 11.9. The second-order valence-electron chi connectivity index (χ2n) is 7.79. The summed E-state index contributed by atoms with van der Waals surface area (Å²) in [5, 5.41) is 20.3. The van der Waals surface area contributed by atoms with Crippen LogP contribution in [0.2, 0.25) is 5.02 Å². The lowest BCUT2D eigenvalue weighted by molar-refractivity contribution is 0.182. The van der Waals surface area contributed by atoms with Crippen molar-refractivity contribution in [1.82, 2.24) is 25.1 Å². The van der Waals surface area contributed by atoms with Crippen molar-refractivity contribution in [1.29, 1.82) is 0 Å². The quantitative estimate of drug-likeness (QED) is 0.308. The monoisotopic (exact) mass is 498 g/mol. The Hall–Kier alpha value is -3.76. The van der Waals surface area contributed by atoms with Gasteiger partial charge in [0.1, 0.15) is 18.8 Å². The summed E-state index contributed by atoms with van der Waals surface area (Å²) >= 11 is 5.85. The van der Waals surface area contributed by atoms with Crippen LogP contribution in [0.3, 0.4) is 0 Å². The van der Waals surface area contributed by atoms with Crippen LogP contribution in [0.5, 0.6) is 5.88 Å². The molecule has 9 nitrogen and oxygen atoms in total. The predicted octanol–water partition coefficient (Wildman–Crippen LogP) is 4.70. The van der Waals surface area contributed by atoms with Gasteiger partial charge < -0.3 is 20.1 Å². The van der Waals surface area contributed by atoms with E-state index in [1.807, 2.05) is 31.2 Å². The Bertz CT molecular complexity index is 1300. The number of rotatable bonds is 9. The maximum Gasteiger partial charge on any atom is 0.322 e. The predicted molar refractivity (Wildman–Crippen MR) is 130 cm³/mol. The lowest BCUT2D eigenvalue weighted by Gasteiger charge is -2.30. The molecule has 2 heterocycles. The lowest BCUT2D eigenvalue weighted by atomic mass is 10.0. The van der Waals surface area contributed by atoms with E-state index in [1.54, 1.807) is 11.1 Å². The summed E-state index contributed by atoms with van der Waals surface area (Å²) in [6, 6.07) is 10.8. The van der Waals surface area contributed by atoms with Gasteiger partial charge in [0.2, 0.25) is 5.88 Å². The highest BCUT2D eigenvalue weighted by atomic mass is 35.5. The number of H-pyrrole nitrogens is 1. The number of ether oxygens (including phenoxy) is 1. The molecule has 4 aromatic rings.